The van der Waals surface area contributed by atoms with Crippen molar-refractivity contribution in [2.24, 2.45) is 11.8 Å². The van der Waals surface area contributed by atoms with Gasteiger partial charge in [-0.05, 0) is 74.8 Å². The van der Waals surface area contributed by atoms with Crippen LogP contribution in [0.15, 0.2) is 42.3 Å². The minimum atomic E-state index is -1.18. The number of ether oxygens (including phenoxy) is 1. The Morgan fingerprint density at radius 1 is 1.41 bits per heavy atom. The lowest BCUT2D eigenvalue weighted by Gasteiger charge is -2.40. The average molecular weight is 419 g/mol. The minimum absolute atomic E-state index is 0.0177. The predicted molar refractivity (Wildman–Crippen MR) is 109 cm³/mol. The van der Waals surface area contributed by atoms with E-state index in [-0.39, 0.29) is 17.8 Å². The first-order valence-corrected chi connectivity index (χ1v) is 10.4. The number of piperidine rings is 1. The van der Waals surface area contributed by atoms with Gasteiger partial charge < -0.3 is 15.0 Å². The third kappa shape index (κ3) is 4.32. The zero-order valence-corrected chi connectivity index (χ0v) is 17.0. The van der Waals surface area contributed by atoms with E-state index in [2.05, 4.69) is 5.32 Å². The molecule has 2 aliphatic heterocycles. The Kier molecular flexibility index (Phi) is 5.63. The molecule has 7 heteroatoms. The van der Waals surface area contributed by atoms with E-state index in [9.17, 15) is 14.0 Å². The van der Waals surface area contributed by atoms with Crippen molar-refractivity contribution in [3.05, 3.63) is 47.3 Å². The van der Waals surface area contributed by atoms with Gasteiger partial charge in [0, 0.05) is 17.6 Å². The van der Waals surface area contributed by atoms with Crippen LogP contribution in [0.4, 0.5) is 10.1 Å². The molecule has 1 N–H and O–H groups in total. The van der Waals surface area contributed by atoms with Crippen LogP contribution >= 0.6 is 11.6 Å². The molecule has 0 aromatic heterocycles. The Hall–Kier alpha value is -2.34. The van der Waals surface area contributed by atoms with Crippen molar-refractivity contribution in [1.29, 1.82) is 0 Å². The number of hydrogen-bond donors (Lipinski definition) is 1. The number of nitrogens with one attached hydrogen (secondary N) is 1. The first kappa shape index (κ1) is 20.0. The highest BCUT2D eigenvalue weighted by Gasteiger charge is 2.40. The standard InChI is InChI=1S/C22H24ClFN2O3/c1-13-10-15(11-14-2-5-17(24)6-3-14)8-9-26(13)22(28)20-21(27)25-18-12-16(23)4-7-19(18)29-20/h2,4-7,12-15,20H,3,8-11H2,1H3,(H,25,27). The highest BCUT2D eigenvalue weighted by molar-refractivity contribution is 6.31. The van der Waals surface area contributed by atoms with Gasteiger partial charge in [-0.25, -0.2) is 4.39 Å². The van der Waals surface area contributed by atoms with Gasteiger partial charge >= 0.3 is 0 Å². The molecule has 4 unspecified atom stereocenters. The fourth-order valence-electron chi connectivity index (χ4n) is 4.45. The molecule has 3 aliphatic rings. The molecular formula is C22H24ClFN2O3. The molecule has 1 saturated heterocycles. The molecule has 29 heavy (non-hydrogen) atoms. The first-order valence-electron chi connectivity index (χ1n) is 10.0. The second-order valence-corrected chi connectivity index (χ2v) is 8.51. The molecule has 1 aromatic rings. The summed E-state index contributed by atoms with van der Waals surface area (Å²) < 4.78 is 18.8. The lowest BCUT2D eigenvalue weighted by atomic mass is 9.82. The molecular weight excluding hydrogens is 395 g/mol. The van der Waals surface area contributed by atoms with E-state index in [0.29, 0.717) is 34.8 Å². The van der Waals surface area contributed by atoms with Crippen LogP contribution in [-0.4, -0.2) is 35.4 Å². The molecule has 4 atom stereocenters. The number of nitrogens with zero attached hydrogens (tertiary/aromatic N) is 1. The Balaban J connectivity index is 1.37. The van der Waals surface area contributed by atoms with Crippen molar-refractivity contribution in [1.82, 2.24) is 4.90 Å². The SMILES string of the molecule is CC1CC(CC2C=CC(F)=CC2)CCN1C(=O)C1Oc2ccc(Cl)cc2NC1=O. The monoisotopic (exact) mass is 418 g/mol. The van der Waals surface area contributed by atoms with Crippen molar-refractivity contribution in [2.75, 3.05) is 11.9 Å². The van der Waals surface area contributed by atoms with Crippen LogP contribution in [0.25, 0.3) is 0 Å². The van der Waals surface area contributed by atoms with Crippen molar-refractivity contribution < 1.29 is 18.7 Å². The zero-order chi connectivity index (χ0) is 20.5. The number of hydrogen-bond acceptors (Lipinski definition) is 3. The molecule has 154 valence electrons. The Labute approximate surface area is 174 Å². The summed E-state index contributed by atoms with van der Waals surface area (Å²) in [7, 11) is 0. The van der Waals surface area contributed by atoms with E-state index in [0.717, 1.165) is 25.7 Å². The van der Waals surface area contributed by atoms with E-state index in [4.69, 9.17) is 16.3 Å². The van der Waals surface area contributed by atoms with Gasteiger partial charge in [0.05, 0.1) is 5.69 Å². The lowest BCUT2D eigenvalue weighted by molar-refractivity contribution is -0.148. The van der Waals surface area contributed by atoms with Gasteiger partial charge in [-0.1, -0.05) is 17.7 Å². The summed E-state index contributed by atoms with van der Waals surface area (Å²) in [6.07, 6.45) is 7.39. The number of amides is 2. The van der Waals surface area contributed by atoms with Crippen LogP contribution < -0.4 is 10.1 Å². The number of carbonyl (C=O) groups is 2. The molecule has 0 radical (unpaired) electrons. The van der Waals surface area contributed by atoms with Crippen LogP contribution in [0.3, 0.4) is 0 Å². The molecule has 1 fully saturated rings. The van der Waals surface area contributed by atoms with Crippen LogP contribution in [-0.2, 0) is 9.59 Å². The second-order valence-electron chi connectivity index (χ2n) is 8.08. The number of halogens is 2. The van der Waals surface area contributed by atoms with E-state index in [1.807, 2.05) is 13.0 Å². The maximum Gasteiger partial charge on any atom is 0.275 e. The maximum atomic E-state index is 13.1. The van der Waals surface area contributed by atoms with Gasteiger partial charge in [0.2, 0.25) is 0 Å². The van der Waals surface area contributed by atoms with E-state index in [1.54, 1.807) is 35.3 Å². The molecule has 4 rings (SSSR count). The summed E-state index contributed by atoms with van der Waals surface area (Å²) in [5, 5.41) is 3.20. The predicted octanol–water partition coefficient (Wildman–Crippen LogP) is 4.49. The van der Waals surface area contributed by atoms with Crippen molar-refractivity contribution >= 4 is 29.1 Å². The Bertz CT molecular complexity index is 885. The van der Waals surface area contributed by atoms with Crippen molar-refractivity contribution in [3.63, 3.8) is 0 Å². The topological polar surface area (TPSA) is 58.6 Å². The third-order valence-electron chi connectivity index (χ3n) is 5.95. The van der Waals surface area contributed by atoms with E-state index in [1.165, 1.54) is 0 Å². The van der Waals surface area contributed by atoms with E-state index >= 15 is 0 Å². The maximum absolute atomic E-state index is 13.1. The smallest absolute Gasteiger partial charge is 0.275 e. The largest absolute Gasteiger partial charge is 0.468 e. The molecule has 2 heterocycles. The fourth-order valence-corrected chi connectivity index (χ4v) is 4.62. The summed E-state index contributed by atoms with van der Waals surface area (Å²) in [6.45, 7) is 2.60. The number of carbonyl (C=O) groups excluding carboxylic acids is 2. The zero-order valence-electron chi connectivity index (χ0n) is 16.2. The lowest BCUT2D eigenvalue weighted by Crippen LogP contribution is -2.54. The Morgan fingerprint density at radius 3 is 2.97 bits per heavy atom. The summed E-state index contributed by atoms with van der Waals surface area (Å²) in [6, 6.07) is 4.94. The molecule has 0 saturated carbocycles. The van der Waals surface area contributed by atoms with Gasteiger partial charge in [-0.2, -0.15) is 0 Å². The van der Waals surface area contributed by atoms with Gasteiger partial charge in [-0.15, -0.1) is 0 Å². The van der Waals surface area contributed by atoms with Gasteiger partial charge in [0.1, 0.15) is 11.6 Å². The normalized spacial score (nSPS) is 28.9. The van der Waals surface area contributed by atoms with Crippen LogP contribution in [0, 0.1) is 11.8 Å². The van der Waals surface area contributed by atoms with Crippen LogP contribution in [0.2, 0.25) is 5.02 Å². The molecule has 0 bridgehead atoms. The van der Waals surface area contributed by atoms with Crippen molar-refractivity contribution in [3.8, 4) is 5.75 Å². The molecule has 1 aromatic carbocycles. The van der Waals surface area contributed by atoms with Gasteiger partial charge in [0.15, 0.2) is 0 Å². The average Bonchev–Trinajstić information content (AvgIpc) is 2.69. The molecule has 1 aliphatic carbocycles. The number of likely N-dealkylation sites (tertiary alicyclic amines) is 1. The fraction of sp³-hybridized carbons (Fsp3) is 0.455. The quantitative estimate of drug-likeness (QED) is 0.736. The summed E-state index contributed by atoms with van der Waals surface area (Å²) in [5.41, 5.74) is 0.476. The molecule has 0 spiro atoms. The third-order valence-corrected chi connectivity index (χ3v) is 6.19. The van der Waals surface area contributed by atoms with Crippen molar-refractivity contribution in [2.45, 2.75) is 44.8 Å². The Morgan fingerprint density at radius 2 is 2.24 bits per heavy atom. The van der Waals surface area contributed by atoms with Gasteiger partial charge in [-0.3, -0.25) is 9.59 Å². The first-order chi connectivity index (χ1) is 13.9. The summed E-state index contributed by atoms with van der Waals surface area (Å²) in [5.74, 6) is 0.327. The number of fused-ring (bicyclic) bond motifs is 1. The second kappa shape index (κ2) is 8.19. The minimum Gasteiger partial charge on any atom is -0.468 e. The number of benzene rings is 1. The number of anilines is 1. The highest BCUT2D eigenvalue weighted by atomic mass is 35.5. The highest BCUT2D eigenvalue weighted by Crippen LogP contribution is 2.35. The van der Waals surface area contributed by atoms with Gasteiger partial charge in [0.25, 0.3) is 17.9 Å². The number of allylic oxidation sites excluding steroid dienone is 4. The number of rotatable bonds is 3. The van der Waals surface area contributed by atoms with Crippen LogP contribution in [0.5, 0.6) is 5.75 Å². The molecule has 5 nitrogen and oxygen atoms in total. The summed E-state index contributed by atoms with van der Waals surface area (Å²) in [4.78, 5) is 27.2. The summed E-state index contributed by atoms with van der Waals surface area (Å²) >= 11 is 5.95. The van der Waals surface area contributed by atoms with E-state index < -0.39 is 12.0 Å². The van der Waals surface area contributed by atoms with Crippen LogP contribution in [0.1, 0.15) is 32.6 Å². The molecule has 2 amide bonds.